The van der Waals surface area contributed by atoms with E-state index < -0.39 is 18.2 Å². The summed E-state index contributed by atoms with van der Waals surface area (Å²) >= 11 is 5.76. The summed E-state index contributed by atoms with van der Waals surface area (Å²) < 4.78 is 37.9. The molecule has 3 unspecified atom stereocenters. The summed E-state index contributed by atoms with van der Waals surface area (Å²) in [6.45, 7) is 4.32. The van der Waals surface area contributed by atoms with Gasteiger partial charge in [-0.1, -0.05) is 31.2 Å². The van der Waals surface area contributed by atoms with Gasteiger partial charge in [-0.2, -0.15) is 0 Å². The third kappa shape index (κ3) is 5.83. The molecule has 34 heavy (non-hydrogen) atoms. The molecule has 0 radical (unpaired) electrons. The van der Waals surface area contributed by atoms with Crippen molar-refractivity contribution in [3.8, 4) is 17.2 Å². The predicted molar refractivity (Wildman–Crippen MR) is 133 cm³/mol. The lowest BCUT2D eigenvalue weighted by molar-refractivity contribution is 0.132. The number of benzene rings is 1. The van der Waals surface area contributed by atoms with Crippen LogP contribution in [0, 0.1) is 5.92 Å². The van der Waals surface area contributed by atoms with E-state index in [1.807, 2.05) is 44.3 Å². The van der Waals surface area contributed by atoms with Gasteiger partial charge < -0.3 is 23.9 Å². The fraction of sp³-hybridized carbons (Fsp3) is 0.423. The van der Waals surface area contributed by atoms with Crippen molar-refractivity contribution in [3.05, 3.63) is 59.9 Å². The van der Waals surface area contributed by atoms with E-state index in [1.165, 1.54) is 0 Å². The number of methoxy groups -OCH3 is 2. The van der Waals surface area contributed by atoms with Crippen LogP contribution in [0.1, 0.15) is 37.5 Å². The van der Waals surface area contributed by atoms with Gasteiger partial charge in [-0.05, 0) is 25.5 Å². The molecule has 0 saturated carbocycles. The zero-order valence-electron chi connectivity index (χ0n) is 20.0. The number of ether oxygens (including phenoxy) is 4. The topological polar surface area (TPSA) is 65.6 Å². The molecule has 0 aliphatic carbocycles. The van der Waals surface area contributed by atoms with Crippen LogP contribution < -0.4 is 14.2 Å². The molecule has 1 aromatic carbocycles. The van der Waals surface area contributed by atoms with E-state index in [1.54, 1.807) is 32.6 Å². The molecule has 0 saturated heterocycles. The van der Waals surface area contributed by atoms with Crippen LogP contribution in [-0.2, 0) is 4.74 Å². The summed E-state index contributed by atoms with van der Waals surface area (Å²) in [5, 5.41) is 0.884. The average Bonchev–Trinajstić information content (AvgIpc) is 3.28. The number of alkyl halides is 2. The van der Waals surface area contributed by atoms with Crippen molar-refractivity contribution in [1.29, 1.82) is 0 Å². The number of rotatable bonds is 13. The Balaban J connectivity index is 1.98. The van der Waals surface area contributed by atoms with Gasteiger partial charge in [0.05, 0.1) is 26.5 Å². The highest BCUT2D eigenvalue weighted by Crippen LogP contribution is 2.41. The highest BCUT2D eigenvalue weighted by atomic mass is 35.5. The zero-order valence-corrected chi connectivity index (χ0v) is 20.8. The van der Waals surface area contributed by atoms with Crippen LogP contribution in [0.15, 0.2) is 48.8 Å². The summed E-state index contributed by atoms with van der Waals surface area (Å²) in [6.07, 6.45) is 5.96. The minimum Gasteiger partial charge on any atom is -0.495 e. The average molecular weight is 491 g/mol. The highest BCUT2D eigenvalue weighted by molar-refractivity contribution is 6.18. The molecule has 2 heterocycles. The van der Waals surface area contributed by atoms with Crippen LogP contribution in [0.4, 0.5) is 4.39 Å². The lowest BCUT2D eigenvalue weighted by atomic mass is 9.99. The molecule has 184 valence electrons. The SMILES string of the molecule is CCOc1c(OCC(/C=C\CCl)C(F)CC)cccc1C(OC)c1c[nH]c2ncc(OC)cc12. The highest BCUT2D eigenvalue weighted by Gasteiger charge is 2.25. The first-order chi connectivity index (χ1) is 16.6. The second-order valence-corrected chi connectivity index (χ2v) is 8.03. The molecule has 3 rings (SSSR count). The third-order valence-corrected chi connectivity index (χ3v) is 5.81. The van der Waals surface area contributed by atoms with Crippen molar-refractivity contribution in [2.45, 2.75) is 32.5 Å². The molecule has 0 aliphatic heterocycles. The summed E-state index contributed by atoms with van der Waals surface area (Å²) in [7, 11) is 3.25. The lowest BCUT2D eigenvalue weighted by Crippen LogP contribution is -2.21. The first kappa shape index (κ1) is 25.8. The van der Waals surface area contributed by atoms with Crippen LogP contribution in [0.2, 0.25) is 0 Å². The smallest absolute Gasteiger partial charge is 0.167 e. The quantitative estimate of drug-likeness (QED) is 0.227. The standard InChI is InChI=1S/C26H32ClFN2O4/c1-5-22(28)17(9-8-12-27)16-34-23-11-7-10-19(25(23)33-6-2)24(32-4)21-15-30-26-20(21)13-18(31-3)14-29-26/h7-11,13-15,17,22,24H,5-6,12,16H2,1-4H3,(H,29,30)/b9-8-. The number of nitrogens with zero attached hydrogens (tertiary/aromatic N) is 1. The Morgan fingerprint density at radius 3 is 2.68 bits per heavy atom. The first-order valence-electron chi connectivity index (χ1n) is 11.4. The summed E-state index contributed by atoms with van der Waals surface area (Å²) in [5.41, 5.74) is 2.41. The van der Waals surface area contributed by atoms with Crippen molar-refractivity contribution < 1.29 is 23.3 Å². The Labute approximate surface area is 205 Å². The number of hydrogen-bond donors (Lipinski definition) is 1. The van der Waals surface area contributed by atoms with Gasteiger partial charge in [-0.25, -0.2) is 9.37 Å². The summed E-state index contributed by atoms with van der Waals surface area (Å²) in [6, 6.07) is 7.56. The lowest BCUT2D eigenvalue weighted by Gasteiger charge is -2.23. The van der Waals surface area contributed by atoms with Gasteiger partial charge >= 0.3 is 0 Å². The van der Waals surface area contributed by atoms with Crippen LogP contribution in [0.5, 0.6) is 17.2 Å². The number of fused-ring (bicyclic) bond motifs is 1. The monoisotopic (exact) mass is 490 g/mol. The van der Waals surface area contributed by atoms with E-state index in [-0.39, 0.29) is 6.61 Å². The molecule has 3 atom stereocenters. The van der Waals surface area contributed by atoms with E-state index in [4.69, 9.17) is 30.5 Å². The number of H-pyrrole nitrogens is 1. The van der Waals surface area contributed by atoms with Crippen LogP contribution in [0.25, 0.3) is 11.0 Å². The van der Waals surface area contributed by atoms with Gasteiger partial charge in [0.1, 0.15) is 23.7 Å². The Kier molecular flexibility index (Phi) is 9.60. The number of para-hydroxylation sites is 1. The Hall–Kier alpha value is -2.77. The molecule has 0 fully saturated rings. The van der Waals surface area contributed by atoms with Gasteiger partial charge in [0, 0.05) is 41.6 Å². The molecular formula is C26H32ClFN2O4. The molecule has 0 spiro atoms. The van der Waals surface area contributed by atoms with E-state index in [0.29, 0.717) is 36.2 Å². The van der Waals surface area contributed by atoms with Crippen molar-refractivity contribution >= 4 is 22.6 Å². The molecule has 0 bridgehead atoms. The second kappa shape index (κ2) is 12.6. The van der Waals surface area contributed by atoms with Crippen molar-refractivity contribution in [2.24, 2.45) is 5.92 Å². The first-order valence-corrected chi connectivity index (χ1v) is 11.9. The van der Waals surface area contributed by atoms with Crippen LogP contribution >= 0.6 is 11.6 Å². The van der Waals surface area contributed by atoms with Crippen molar-refractivity contribution in [2.75, 3.05) is 33.3 Å². The number of pyridine rings is 1. The van der Waals surface area contributed by atoms with Crippen molar-refractivity contribution in [3.63, 3.8) is 0 Å². The second-order valence-electron chi connectivity index (χ2n) is 7.72. The maximum Gasteiger partial charge on any atom is 0.167 e. The Bertz CT molecular complexity index is 1090. The zero-order chi connectivity index (χ0) is 24.5. The van der Waals surface area contributed by atoms with Crippen molar-refractivity contribution in [1.82, 2.24) is 9.97 Å². The largest absolute Gasteiger partial charge is 0.495 e. The van der Waals surface area contributed by atoms with Gasteiger partial charge in [0.25, 0.3) is 0 Å². The minimum absolute atomic E-state index is 0.164. The molecule has 6 nitrogen and oxygen atoms in total. The molecule has 8 heteroatoms. The fourth-order valence-electron chi connectivity index (χ4n) is 3.90. The van der Waals surface area contributed by atoms with Gasteiger partial charge in [-0.15, -0.1) is 11.6 Å². The number of allylic oxidation sites excluding steroid dienone is 1. The fourth-order valence-corrected chi connectivity index (χ4v) is 4.00. The van der Waals surface area contributed by atoms with Gasteiger partial charge in [0.2, 0.25) is 0 Å². The number of hydrogen-bond acceptors (Lipinski definition) is 5. The molecule has 3 aromatic rings. The molecule has 1 N–H and O–H groups in total. The maximum absolute atomic E-state index is 14.5. The number of nitrogens with one attached hydrogen (secondary N) is 1. The molecular weight excluding hydrogens is 459 g/mol. The Morgan fingerprint density at radius 1 is 1.18 bits per heavy atom. The summed E-state index contributed by atoms with van der Waals surface area (Å²) in [4.78, 5) is 7.60. The number of aromatic amines is 1. The molecule has 2 aromatic heterocycles. The number of halogens is 2. The van der Waals surface area contributed by atoms with Crippen LogP contribution in [-0.4, -0.2) is 49.5 Å². The van der Waals surface area contributed by atoms with E-state index in [9.17, 15) is 4.39 Å². The van der Waals surface area contributed by atoms with E-state index in [0.717, 1.165) is 22.2 Å². The van der Waals surface area contributed by atoms with Gasteiger partial charge in [-0.3, -0.25) is 0 Å². The predicted octanol–water partition coefficient (Wildman–Crippen LogP) is 6.24. The van der Waals surface area contributed by atoms with Gasteiger partial charge in [0.15, 0.2) is 11.5 Å². The third-order valence-electron chi connectivity index (χ3n) is 5.63. The van der Waals surface area contributed by atoms with E-state index in [2.05, 4.69) is 9.97 Å². The molecule has 0 amide bonds. The minimum atomic E-state index is -1.03. The van der Waals surface area contributed by atoms with Crippen LogP contribution in [0.3, 0.4) is 0 Å². The molecule has 0 aliphatic rings. The summed E-state index contributed by atoms with van der Waals surface area (Å²) in [5.74, 6) is 1.66. The van der Waals surface area contributed by atoms with E-state index >= 15 is 0 Å². The number of aromatic nitrogens is 2. The Morgan fingerprint density at radius 2 is 2.00 bits per heavy atom. The normalized spacial score (nSPS) is 14.3. The maximum atomic E-state index is 14.5.